The maximum Gasteiger partial charge on any atom is 0.335 e. The number of hydrogen-bond acceptors (Lipinski definition) is 6. The summed E-state index contributed by atoms with van der Waals surface area (Å²) in [7, 11) is 0. The highest BCUT2D eigenvalue weighted by atomic mass is 35.5. The number of carboxylic acid groups (broad SMARTS) is 1. The van der Waals surface area contributed by atoms with Crippen LogP contribution in [-0.2, 0) is 24.3 Å². The molecule has 0 bridgehead atoms. The molecule has 1 N–H and O–H groups in total. The molecular formula is C30H23ClF2N4O4. The molecule has 8 nitrogen and oxygen atoms in total. The fraction of sp³-hybridized carbons (Fsp3) is 0.200. The molecule has 1 saturated heterocycles. The molecule has 0 spiro atoms. The van der Waals surface area contributed by atoms with Crippen molar-refractivity contribution < 1.29 is 28.2 Å². The first-order chi connectivity index (χ1) is 19.8. The van der Waals surface area contributed by atoms with E-state index in [-0.39, 0.29) is 40.6 Å². The molecule has 1 aliphatic rings. The Kier molecular flexibility index (Phi) is 7.34. The van der Waals surface area contributed by atoms with Crippen LogP contribution in [0.3, 0.4) is 0 Å². The van der Waals surface area contributed by atoms with Gasteiger partial charge in [-0.15, -0.1) is 0 Å². The van der Waals surface area contributed by atoms with Gasteiger partial charge in [0.05, 0.1) is 34.8 Å². The van der Waals surface area contributed by atoms with Crippen molar-refractivity contribution in [3.63, 3.8) is 0 Å². The third-order valence-electron chi connectivity index (χ3n) is 6.91. The summed E-state index contributed by atoms with van der Waals surface area (Å²) < 4.78 is 42.6. The van der Waals surface area contributed by atoms with Crippen molar-refractivity contribution in [3.8, 4) is 17.3 Å². The highest BCUT2D eigenvalue weighted by Crippen LogP contribution is 2.27. The fourth-order valence-corrected chi connectivity index (χ4v) is 4.81. The lowest BCUT2D eigenvalue weighted by Crippen LogP contribution is -2.31. The van der Waals surface area contributed by atoms with Crippen molar-refractivity contribution in [1.82, 2.24) is 19.5 Å². The van der Waals surface area contributed by atoms with Crippen LogP contribution in [0.2, 0.25) is 5.02 Å². The Labute approximate surface area is 238 Å². The smallest absolute Gasteiger partial charge is 0.335 e. The highest BCUT2D eigenvalue weighted by Gasteiger charge is 2.23. The number of ether oxygens (including phenoxy) is 2. The Balaban J connectivity index is 1.23. The minimum Gasteiger partial charge on any atom is -0.478 e. The Hall–Kier alpha value is -4.41. The Morgan fingerprint density at radius 1 is 1.07 bits per heavy atom. The Morgan fingerprint density at radius 3 is 2.66 bits per heavy atom. The number of imidazole rings is 1. The number of fused-ring (bicyclic) bond motifs is 1. The first-order valence-corrected chi connectivity index (χ1v) is 13.2. The topological polar surface area (TPSA) is 99.4 Å². The van der Waals surface area contributed by atoms with Gasteiger partial charge in [0.2, 0.25) is 5.88 Å². The highest BCUT2D eigenvalue weighted by molar-refractivity contribution is 6.30. The van der Waals surface area contributed by atoms with Crippen LogP contribution in [0.4, 0.5) is 8.78 Å². The van der Waals surface area contributed by atoms with Crippen LogP contribution in [0.25, 0.3) is 22.4 Å². The van der Waals surface area contributed by atoms with Crippen molar-refractivity contribution in [3.05, 3.63) is 106 Å². The van der Waals surface area contributed by atoms with E-state index in [1.54, 1.807) is 30.3 Å². The summed E-state index contributed by atoms with van der Waals surface area (Å²) >= 11 is 5.80. The van der Waals surface area contributed by atoms with Gasteiger partial charge in [0.15, 0.2) is 5.82 Å². The van der Waals surface area contributed by atoms with Crippen molar-refractivity contribution in [1.29, 1.82) is 0 Å². The number of aromatic nitrogens is 4. The molecule has 6 rings (SSSR count). The summed E-state index contributed by atoms with van der Waals surface area (Å²) in [4.78, 5) is 24.7. The summed E-state index contributed by atoms with van der Waals surface area (Å²) in [6.45, 7) is 1.13. The van der Waals surface area contributed by atoms with Gasteiger partial charge in [-0.2, -0.15) is 4.98 Å². The minimum absolute atomic E-state index is 0.0153. The second-order valence-corrected chi connectivity index (χ2v) is 10.1. The van der Waals surface area contributed by atoms with E-state index in [2.05, 4.69) is 9.97 Å². The van der Waals surface area contributed by atoms with Gasteiger partial charge < -0.3 is 19.1 Å². The number of hydrogen-bond donors (Lipinski definition) is 1. The molecule has 1 fully saturated rings. The van der Waals surface area contributed by atoms with Gasteiger partial charge in [-0.25, -0.2) is 23.5 Å². The zero-order valence-corrected chi connectivity index (χ0v) is 22.3. The largest absolute Gasteiger partial charge is 0.478 e. The lowest BCUT2D eigenvalue weighted by Gasteiger charge is -2.27. The molecule has 208 valence electrons. The molecule has 41 heavy (non-hydrogen) atoms. The second kappa shape index (κ2) is 11.2. The molecule has 5 aromatic rings. The SMILES string of the molecule is O=C(O)c1ccc2nc(Cc3ccc(-c4nccc(OCc5ccc(Cl)cc5F)n4)c(F)c3)n(CC3CCO3)c2c1. The number of benzene rings is 3. The normalized spacial score (nSPS) is 14.7. The lowest BCUT2D eigenvalue weighted by atomic mass is 10.1. The number of nitrogens with zero attached hydrogens (tertiary/aromatic N) is 4. The predicted molar refractivity (Wildman–Crippen MR) is 147 cm³/mol. The summed E-state index contributed by atoms with van der Waals surface area (Å²) in [5.74, 6) is -1.08. The quantitative estimate of drug-likeness (QED) is 0.227. The van der Waals surface area contributed by atoms with Crippen molar-refractivity contribution in [2.24, 2.45) is 0 Å². The molecule has 0 amide bonds. The van der Waals surface area contributed by atoms with Crippen molar-refractivity contribution >= 4 is 28.6 Å². The molecule has 1 aliphatic heterocycles. The van der Waals surface area contributed by atoms with E-state index in [1.165, 1.54) is 36.5 Å². The molecule has 1 unspecified atom stereocenters. The van der Waals surface area contributed by atoms with E-state index in [1.807, 2.05) is 4.57 Å². The number of aromatic carboxylic acids is 1. The van der Waals surface area contributed by atoms with Crippen molar-refractivity contribution in [2.75, 3.05) is 6.61 Å². The lowest BCUT2D eigenvalue weighted by molar-refractivity contribution is -0.0589. The predicted octanol–water partition coefficient (Wildman–Crippen LogP) is 6.08. The fourth-order valence-electron chi connectivity index (χ4n) is 4.65. The maximum absolute atomic E-state index is 15.3. The van der Waals surface area contributed by atoms with E-state index in [0.717, 1.165) is 6.42 Å². The van der Waals surface area contributed by atoms with Gasteiger partial charge in [0, 0.05) is 35.9 Å². The van der Waals surface area contributed by atoms with E-state index in [0.29, 0.717) is 47.6 Å². The first kappa shape index (κ1) is 26.8. The molecule has 0 saturated carbocycles. The molecular weight excluding hydrogens is 554 g/mol. The van der Waals surface area contributed by atoms with Gasteiger partial charge >= 0.3 is 5.97 Å². The Morgan fingerprint density at radius 2 is 1.93 bits per heavy atom. The molecule has 0 aliphatic carbocycles. The number of carboxylic acids is 1. The number of carbonyl (C=O) groups is 1. The molecule has 3 heterocycles. The standard InChI is InChI=1S/C30H23ClF2N4O4/c31-20-4-2-19(23(32)14-20)16-41-28-7-9-34-29(36-28)22-5-1-17(11-24(22)33)12-27-35-25-6-3-18(30(38)39)13-26(25)37(27)15-21-8-10-40-21/h1-7,9,11,13-14,21H,8,10,12,15-16H2,(H,38,39). The maximum atomic E-state index is 15.3. The van der Waals surface area contributed by atoms with Gasteiger partial charge in [0.1, 0.15) is 24.1 Å². The first-order valence-electron chi connectivity index (χ1n) is 12.9. The van der Waals surface area contributed by atoms with Crippen LogP contribution < -0.4 is 4.74 Å². The molecule has 11 heteroatoms. The average molecular weight is 577 g/mol. The van der Waals surface area contributed by atoms with E-state index in [4.69, 9.17) is 26.1 Å². The van der Waals surface area contributed by atoms with Crippen LogP contribution in [0.15, 0.2) is 66.9 Å². The summed E-state index contributed by atoms with van der Waals surface area (Å²) in [6, 6.07) is 15.4. The third kappa shape index (κ3) is 5.75. The van der Waals surface area contributed by atoms with Crippen LogP contribution in [-0.4, -0.2) is 43.3 Å². The number of rotatable bonds is 9. The third-order valence-corrected chi connectivity index (χ3v) is 7.15. The molecule has 1 atom stereocenters. The van der Waals surface area contributed by atoms with Crippen LogP contribution in [0.1, 0.15) is 33.7 Å². The summed E-state index contributed by atoms with van der Waals surface area (Å²) in [5, 5.41) is 9.74. The van der Waals surface area contributed by atoms with Gasteiger partial charge in [-0.1, -0.05) is 23.7 Å². The van der Waals surface area contributed by atoms with Gasteiger partial charge in [-0.3, -0.25) is 0 Å². The number of halogens is 3. The van der Waals surface area contributed by atoms with Crippen molar-refractivity contribution in [2.45, 2.75) is 32.1 Å². The average Bonchev–Trinajstić information content (AvgIpc) is 3.26. The van der Waals surface area contributed by atoms with Gasteiger partial charge in [0.25, 0.3) is 0 Å². The zero-order valence-electron chi connectivity index (χ0n) is 21.6. The monoisotopic (exact) mass is 576 g/mol. The van der Waals surface area contributed by atoms with Gasteiger partial charge in [-0.05, 0) is 54.4 Å². The summed E-state index contributed by atoms with van der Waals surface area (Å²) in [6.07, 6.45) is 2.68. The molecule has 3 aromatic carbocycles. The van der Waals surface area contributed by atoms with Crippen LogP contribution in [0.5, 0.6) is 5.88 Å². The van der Waals surface area contributed by atoms with E-state index < -0.39 is 17.6 Å². The van der Waals surface area contributed by atoms with E-state index in [9.17, 15) is 14.3 Å². The zero-order chi connectivity index (χ0) is 28.5. The Bertz CT molecular complexity index is 1770. The summed E-state index contributed by atoms with van der Waals surface area (Å²) in [5.41, 5.74) is 2.67. The van der Waals surface area contributed by atoms with Crippen LogP contribution >= 0.6 is 11.6 Å². The van der Waals surface area contributed by atoms with Crippen LogP contribution in [0, 0.1) is 11.6 Å². The minimum atomic E-state index is -1.02. The molecule has 0 radical (unpaired) electrons. The molecule has 2 aromatic heterocycles. The second-order valence-electron chi connectivity index (χ2n) is 9.66. The van der Waals surface area contributed by atoms with E-state index >= 15 is 4.39 Å².